The SMILES string of the molecule is Cl.Cn1ncc(Cl)c1S(=O)(=O)N1CCCC(C(=O)N2CCNCC2)C1. The van der Waals surface area contributed by atoms with E-state index in [1.165, 1.54) is 15.2 Å². The van der Waals surface area contributed by atoms with Gasteiger partial charge in [0.05, 0.1) is 17.1 Å². The molecule has 11 heteroatoms. The normalized spacial score (nSPS) is 22.5. The van der Waals surface area contributed by atoms with E-state index in [1.807, 2.05) is 4.90 Å². The molecule has 1 aromatic rings. The van der Waals surface area contributed by atoms with Gasteiger partial charge in [-0.2, -0.15) is 9.40 Å². The standard InChI is InChI=1S/C14H22ClN5O3S.ClH/c1-18-14(12(15)9-17-18)24(22,23)20-6-2-3-11(10-20)13(21)19-7-4-16-5-8-19;/h9,11,16H,2-8,10H2,1H3;1H. The lowest BCUT2D eigenvalue weighted by Gasteiger charge is -2.35. The molecule has 1 unspecified atom stereocenters. The summed E-state index contributed by atoms with van der Waals surface area (Å²) in [6.07, 6.45) is 2.70. The van der Waals surface area contributed by atoms with E-state index in [-0.39, 0.29) is 40.8 Å². The minimum atomic E-state index is -3.76. The molecule has 8 nitrogen and oxygen atoms in total. The maximum Gasteiger partial charge on any atom is 0.261 e. The third-order valence-electron chi connectivity index (χ3n) is 4.59. The molecule has 2 aliphatic heterocycles. The van der Waals surface area contributed by atoms with Crippen LogP contribution in [0, 0.1) is 5.92 Å². The highest BCUT2D eigenvalue weighted by Crippen LogP contribution is 2.28. The van der Waals surface area contributed by atoms with Crippen molar-refractivity contribution in [2.75, 3.05) is 39.3 Å². The molecule has 0 aromatic carbocycles. The molecule has 1 atom stereocenters. The van der Waals surface area contributed by atoms with Crippen molar-refractivity contribution in [3.63, 3.8) is 0 Å². The van der Waals surface area contributed by atoms with Crippen LogP contribution in [-0.4, -0.2) is 72.6 Å². The predicted molar refractivity (Wildman–Crippen MR) is 96.4 cm³/mol. The molecule has 0 spiro atoms. The summed E-state index contributed by atoms with van der Waals surface area (Å²) in [7, 11) is -2.21. The first-order chi connectivity index (χ1) is 11.4. The van der Waals surface area contributed by atoms with Crippen LogP contribution in [0.1, 0.15) is 12.8 Å². The van der Waals surface area contributed by atoms with Gasteiger partial charge in [0.15, 0.2) is 5.03 Å². The fourth-order valence-electron chi connectivity index (χ4n) is 3.32. The van der Waals surface area contributed by atoms with Gasteiger partial charge >= 0.3 is 0 Å². The maximum absolute atomic E-state index is 12.9. The van der Waals surface area contributed by atoms with Crippen LogP contribution in [0.15, 0.2) is 11.2 Å². The summed E-state index contributed by atoms with van der Waals surface area (Å²) in [6.45, 7) is 3.52. The van der Waals surface area contributed by atoms with Crippen molar-refractivity contribution in [3.05, 3.63) is 11.2 Å². The van der Waals surface area contributed by atoms with Gasteiger partial charge in [-0.3, -0.25) is 9.48 Å². The number of piperazine rings is 1. The molecule has 3 rings (SSSR count). The highest BCUT2D eigenvalue weighted by atomic mass is 35.5. The predicted octanol–water partition coefficient (Wildman–Crippen LogP) is 0.328. The van der Waals surface area contributed by atoms with E-state index in [9.17, 15) is 13.2 Å². The molecule has 2 aliphatic rings. The van der Waals surface area contributed by atoms with Crippen molar-refractivity contribution >= 4 is 39.9 Å². The molecule has 2 fully saturated rings. The summed E-state index contributed by atoms with van der Waals surface area (Å²) in [5.41, 5.74) is 0. The van der Waals surface area contributed by atoms with Crippen molar-refractivity contribution in [2.24, 2.45) is 13.0 Å². The number of hydrogen-bond acceptors (Lipinski definition) is 5. The average molecular weight is 412 g/mol. The van der Waals surface area contributed by atoms with E-state index < -0.39 is 10.0 Å². The molecule has 1 amide bonds. The smallest absolute Gasteiger partial charge is 0.261 e. The number of carbonyl (C=O) groups is 1. The summed E-state index contributed by atoms with van der Waals surface area (Å²) in [4.78, 5) is 14.5. The van der Waals surface area contributed by atoms with Crippen LogP contribution in [0.4, 0.5) is 0 Å². The number of sulfonamides is 1. The molecule has 142 valence electrons. The van der Waals surface area contributed by atoms with Gasteiger partial charge in [-0.1, -0.05) is 11.6 Å². The topological polar surface area (TPSA) is 87.5 Å². The molecule has 0 aliphatic carbocycles. The van der Waals surface area contributed by atoms with Gasteiger partial charge in [-0.15, -0.1) is 12.4 Å². The molecule has 1 N–H and O–H groups in total. The van der Waals surface area contributed by atoms with Crippen LogP contribution in [0.3, 0.4) is 0 Å². The summed E-state index contributed by atoms with van der Waals surface area (Å²) >= 11 is 6.00. The summed E-state index contributed by atoms with van der Waals surface area (Å²) in [5, 5.41) is 7.20. The van der Waals surface area contributed by atoms with E-state index in [0.717, 1.165) is 13.1 Å². The zero-order valence-electron chi connectivity index (χ0n) is 14.0. The Balaban J connectivity index is 0.00000225. The van der Waals surface area contributed by atoms with Crippen molar-refractivity contribution in [1.29, 1.82) is 0 Å². The Labute approximate surface area is 158 Å². The largest absolute Gasteiger partial charge is 0.340 e. The molecule has 2 saturated heterocycles. The molecule has 0 radical (unpaired) electrons. The number of piperidine rings is 1. The Hall–Kier alpha value is -0.870. The van der Waals surface area contributed by atoms with Crippen molar-refractivity contribution in [1.82, 2.24) is 24.3 Å². The lowest BCUT2D eigenvalue weighted by atomic mass is 9.98. The van der Waals surface area contributed by atoms with Crippen LogP contribution >= 0.6 is 24.0 Å². The first-order valence-corrected chi connectivity index (χ1v) is 9.90. The monoisotopic (exact) mass is 411 g/mol. The van der Waals surface area contributed by atoms with Crippen LogP contribution in [-0.2, 0) is 21.9 Å². The van der Waals surface area contributed by atoms with Crippen LogP contribution in [0.2, 0.25) is 5.02 Å². The number of hydrogen-bond donors (Lipinski definition) is 1. The second kappa shape index (κ2) is 8.22. The molecule has 25 heavy (non-hydrogen) atoms. The number of amides is 1. The molecular weight excluding hydrogens is 389 g/mol. The summed E-state index contributed by atoms with van der Waals surface area (Å²) in [6, 6.07) is 0. The van der Waals surface area contributed by atoms with Gasteiger partial charge in [0.25, 0.3) is 10.0 Å². The summed E-state index contributed by atoms with van der Waals surface area (Å²) in [5.74, 6) is -0.244. The Morgan fingerprint density at radius 2 is 2.00 bits per heavy atom. The van der Waals surface area contributed by atoms with Crippen LogP contribution < -0.4 is 5.32 Å². The minimum absolute atomic E-state index is 0. The number of aryl methyl sites for hydroxylation is 1. The lowest BCUT2D eigenvalue weighted by Crippen LogP contribution is -2.52. The number of nitrogens with one attached hydrogen (secondary N) is 1. The Morgan fingerprint density at radius 1 is 1.32 bits per heavy atom. The fourth-order valence-corrected chi connectivity index (χ4v) is 5.45. The maximum atomic E-state index is 12.9. The van der Waals surface area contributed by atoms with Gasteiger partial charge in [-0.05, 0) is 12.8 Å². The fraction of sp³-hybridized carbons (Fsp3) is 0.714. The highest BCUT2D eigenvalue weighted by Gasteiger charge is 2.37. The first kappa shape index (κ1) is 20.4. The van der Waals surface area contributed by atoms with E-state index in [4.69, 9.17) is 11.6 Å². The highest BCUT2D eigenvalue weighted by molar-refractivity contribution is 7.89. The van der Waals surface area contributed by atoms with E-state index in [2.05, 4.69) is 10.4 Å². The second-order valence-electron chi connectivity index (χ2n) is 6.20. The van der Waals surface area contributed by atoms with Crippen molar-refractivity contribution < 1.29 is 13.2 Å². The average Bonchev–Trinajstić information content (AvgIpc) is 2.94. The Morgan fingerprint density at radius 3 is 2.60 bits per heavy atom. The minimum Gasteiger partial charge on any atom is -0.340 e. The zero-order valence-corrected chi connectivity index (χ0v) is 16.4. The van der Waals surface area contributed by atoms with Gasteiger partial charge < -0.3 is 10.2 Å². The van der Waals surface area contributed by atoms with Crippen molar-refractivity contribution in [2.45, 2.75) is 17.9 Å². The van der Waals surface area contributed by atoms with Gasteiger partial charge in [0, 0.05) is 46.3 Å². The third-order valence-corrected chi connectivity index (χ3v) is 6.96. The molecular formula is C14H23Cl2N5O3S. The van der Waals surface area contributed by atoms with Crippen LogP contribution in [0.5, 0.6) is 0 Å². The Kier molecular flexibility index (Phi) is 6.72. The molecule has 3 heterocycles. The number of aromatic nitrogens is 2. The first-order valence-electron chi connectivity index (χ1n) is 8.08. The quantitative estimate of drug-likeness (QED) is 0.773. The number of nitrogens with zero attached hydrogens (tertiary/aromatic N) is 4. The number of carbonyl (C=O) groups excluding carboxylic acids is 1. The van der Waals surface area contributed by atoms with Crippen LogP contribution in [0.25, 0.3) is 0 Å². The van der Waals surface area contributed by atoms with Gasteiger partial charge in [0.1, 0.15) is 0 Å². The van der Waals surface area contributed by atoms with Gasteiger partial charge in [0.2, 0.25) is 5.91 Å². The summed E-state index contributed by atoms with van der Waals surface area (Å²) < 4.78 is 28.4. The van der Waals surface area contributed by atoms with Crippen molar-refractivity contribution in [3.8, 4) is 0 Å². The Bertz CT molecular complexity index is 699. The van der Waals surface area contributed by atoms with E-state index in [1.54, 1.807) is 7.05 Å². The van der Waals surface area contributed by atoms with Gasteiger partial charge in [-0.25, -0.2) is 8.42 Å². The van der Waals surface area contributed by atoms with E-state index in [0.29, 0.717) is 32.5 Å². The zero-order chi connectivity index (χ0) is 17.3. The number of rotatable bonds is 3. The molecule has 1 aromatic heterocycles. The lowest BCUT2D eigenvalue weighted by molar-refractivity contribution is -0.137. The molecule has 0 saturated carbocycles. The van der Waals surface area contributed by atoms with E-state index >= 15 is 0 Å². The number of halogens is 2. The molecule has 0 bridgehead atoms. The third kappa shape index (κ3) is 4.11. The second-order valence-corrected chi connectivity index (χ2v) is 8.46.